The van der Waals surface area contributed by atoms with Crippen LogP contribution in [0.5, 0.6) is 11.5 Å². The van der Waals surface area contributed by atoms with Crippen molar-refractivity contribution in [3.8, 4) is 11.5 Å². The molecule has 2 rings (SSSR count). The third-order valence-corrected chi connectivity index (χ3v) is 2.36. The molecule has 4 nitrogen and oxygen atoms in total. The van der Waals surface area contributed by atoms with Gasteiger partial charge < -0.3 is 9.47 Å². The first-order valence-corrected chi connectivity index (χ1v) is 5.24. The Labute approximate surface area is 99.2 Å². The molecular formula is C13H13NO3. The molecule has 1 aromatic heterocycles. The highest BCUT2D eigenvalue weighted by Gasteiger charge is 2.08. The zero-order chi connectivity index (χ0) is 12.4. The summed E-state index contributed by atoms with van der Waals surface area (Å²) in [6.07, 6.45) is 0. The third-order valence-electron chi connectivity index (χ3n) is 2.36. The van der Waals surface area contributed by atoms with Crippen molar-refractivity contribution in [2.45, 2.75) is 13.8 Å². The number of nitrogens with zero attached hydrogens (tertiary/aromatic N) is 1. The van der Waals surface area contributed by atoms with Crippen LogP contribution in [0.25, 0.3) is 10.9 Å². The minimum atomic E-state index is -0.340. The molecule has 1 aromatic carbocycles. The molecule has 0 atom stereocenters. The molecule has 17 heavy (non-hydrogen) atoms. The zero-order valence-corrected chi connectivity index (χ0v) is 9.98. The molecule has 0 N–H and O–H groups in total. The molecule has 0 spiro atoms. The van der Waals surface area contributed by atoms with E-state index in [0.717, 1.165) is 22.3 Å². The lowest BCUT2D eigenvalue weighted by Gasteiger charge is -2.08. The van der Waals surface area contributed by atoms with Crippen molar-refractivity contribution in [1.82, 2.24) is 4.98 Å². The summed E-state index contributed by atoms with van der Waals surface area (Å²) in [5.41, 5.74) is 1.54. The molecule has 0 aliphatic carbocycles. The molecule has 0 radical (unpaired) electrons. The standard InChI is InChI=1S/C13H13NO3/c1-8-6-13(17-9(2)15)11-5-4-10(16-3)7-12(11)14-8/h4-7H,1-3H3. The largest absolute Gasteiger partial charge is 0.497 e. The van der Waals surface area contributed by atoms with Crippen LogP contribution in [0.1, 0.15) is 12.6 Å². The Morgan fingerprint density at radius 1 is 1.29 bits per heavy atom. The van der Waals surface area contributed by atoms with Crippen molar-refractivity contribution < 1.29 is 14.3 Å². The van der Waals surface area contributed by atoms with Gasteiger partial charge in [-0.1, -0.05) is 0 Å². The number of esters is 1. The second kappa shape index (κ2) is 4.41. The van der Waals surface area contributed by atoms with E-state index in [9.17, 15) is 4.79 Å². The van der Waals surface area contributed by atoms with Crippen LogP contribution in [0.15, 0.2) is 24.3 Å². The van der Waals surface area contributed by atoms with E-state index in [-0.39, 0.29) is 5.97 Å². The lowest BCUT2D eigenvalue weighted by atomic mass is 10.2. The van der Waals surface area contributed by atoms with Crippen LogP contribution in [0.2, 0.25) is 0 Å². The SMILES string of the molecule is COc1ccc2c(OC(C)=O)cc(C)nc2c1. The van der Waals surface area contributed by atoms with Gasteiger partial charge in [-0.25, -0.2) is 0 Å². The Kier molecular flexibility index (Phi) is 2.95. The van der Waals surface area contributed by atoms with Gasteiger partial charge in [-0.15, -0.1) is 0 Å². The quantitative estimate of drug-likeness (QED) is 0.745. The van der Waals surface area contributed by atoms with Crippen LogP contribution in [-0.4, -0.2) is 18.1 Å². The first-order valence-electron chi connectivity index (χ1n) is 5.24. The molecule has 0 unspecified atom stereocenters. The number of ether oxygens (including phenoxy) is 2. The number of carbonyl (C=O) groups is 1. The Balaban J connectivity index is 2.63. The fourth-order valence-corrected chi connectivity index (χ4v) is 1.67. The minimum absolute atomic E-state index is 0.340. The van der Waals surface area contributed by atoms with Crippen LogP contribution in [-0.2, 0) is 4.79 Å². The predicted molar refractivity (Wildman–Crippen MR) is 64.3 cm³/mol. The number of aryl methyl sites for hydroxylation is 1. The topological polar surface area (TPSA) is 48.4 Å². The van der Waals surface area contributed by atoms with E-state index >= 15 is 0 Å². The number of methoxy groups -OCH3 is 1. The van der Waals surface area contributed by atoms with Gasteiger partial charge in [-0.05, 0) is 19.1 Å². The van der Waals surface area contributed by atoms with Gasteiger partial charge in [0.1, 0.15) is 11.5 Å². The van der Waals surface area contributed by atoms with Crippen molar-refractivity contribution in [2.75, 3.05) is 7.11 Å². The maximum absolute atomic E-state index is 11.0. The molecular weight excluding hydrogens is 218 g/mol. The molecule has 0 aliphatic heterocycles. The Morgan fingerprint density at radius 3 is 2.71 bits per heavy atom. The van der Waals surface area contributed by atoms with Crippen LogP contribution < -0.4 is 9.47 Å². The van der Waals surface area contributed by atoms with Crippen molar-refractivity contribution >= 4 is 16.9 Å². The monoisotopic (exact) mass is 231 g/mol. The van der Waals surface area contributed by atoms with Crippen LogP contribution in [0.4, 0.5) is 0 Å². The highest BCUT2D eigenvalue weighted by atomic mass is 16.5. The maximum Gasteiger partial charge on any atom is 0.308 e. The van der Waals surface area contributed by atoms with Gasteiger partial charge >= 0.3 is 5.97 Å². The summed E-state index contributed by atoms with van der Waals surface area (Å²) < 4.78 is 10.3. The van der Waals surface area contributed by atoms with E-state index in [2.05, 4.69) is 4.98 Å². The number of hydrogen-bond acceptors (Lipinski definition) is 4. The highest BCUT2D eigenvalue weighted by molar-refractivity contribution is 5.88. The summed E-state index contributed by atoms with van der Waals surface area (Å²) in [6.45, 7) is 3.23. The number of fused-ring (bicyclic) bond motifs is 1. The number of rotatable bonds is 2. The average molecular weight is 231 g/mol. The molecule has 4 heteroatoms. The van der Waals surface area contributed by atoms with Crippen LogP contribution >= 0.6 is 0 Å². The summed E-state index contributed by atoms with van der Waals surface area (Å²) in [4.78, 5) is 15.4. The molecule has 0 fully saturated rings. The first-order chi connectivity index (χ1) is 8.10. The van der Waals surface area contributed by atoms with E-state index < -0.39 is 0 Å². The van der Waals surface area contributed by atoms with Gasteiger partial charge in [0.15, 0.2) is 0 Å². The summed E-state index contributed by atoms with van der Waals surface area (Å²) >= 11 is 0. The Bertz CT molecular complexity index is 578. The second-order valence-corrected chi connectivity index (χ2v) is 3.74. The smallest absolute Gasteiger partial charge is 0.308 e. The number of benzene rings is 1. The molecule has 88 valence electrons. The van der Waals surface area contributed by atoms with E-state index in [1.54, 1.807) is 13.2 Å². The number of aromatic nitrogens is 1. The lowest BCUT2D eigenvalue weighted by Crippen LogP contribution is -2.02. The van der Waals surface area contributed by atoms with Crippen molar-refractivity contribution in [3.63, 3.8) is 0 Å². The summed E-state index contributed by atoms with van der Waals surface area (Å²) in [7, 11) is 1.60. The molecule has 2 aromatic rings. The summed E-state index contributed by atoms with van der Waals surface area (Å²) in [5.74, 6) is 0.916. The molecule has 0 saturated carbocycles. The molecule has 0 aliphatic rings. The number of pyridine rings is 1. The fourth-order valence-electron chi connectivity index (χ4n) is 1.67. The molecule has 1 heterocycles. The fraction of sp³-hybridized carbons (Fsp3) is 0.231. The number of carbonyl (C=O) groups excluding carboxylic acids is 1. The zero-order valence-electron chi connectivity index (χ0n) is 9.98. The van der Waals surface area contributed by atoms with Gasteiger partial charge in [-0.2, -0.15) is 0 Å². The van der Waals surface area contributed by atoms with Crippen LogP contribution in [0, 0.1) is 6.92 Å². The molecule has 0 bridgehead atoms. The average Bonchev–Trinajstić information content (AvgIpc) is 2.27. The van der Waals surface area contributed by atoms with Crippen LogP contribution in [0.3, 0.4) is 0 Å². The number of hydrogen-bond donors (Lipinski definition) is 0. The van der Waals surface area contributed by atoms with Gasteiger partial charge in [0, 0.05) is 30.1 Å². The maximum atomic E-state index is 11.0. The Morgan fingerprint density at radius 2 is 2.06 bits per heavy atom. The summed E-state index contributed by atoms with van der Waals surface area (Å²) in [6, 6.07) is 7.21. The Hall–Kier alpha value is -2.10. The molecule has 0 saturated heterocycles. The van der Waals surface area contributed by atoms with E-state index in [4.69, 9.17) is 9.47 Å². The third kappa shape index (κ3) is 2.36. The first kappa shape index (κ1) is 11.4. The van der Waals surface area contributed by atoms with Crippen molar-refractivity contribution in [3.05, 3.63) is 30.0 Å². The highest BCUT2D eigenvalue weighted by Crippen LogP contribution is 2.28. The normalized spacial score (nSPS) is 10.3. The van der Waals surface area contributed by atoms with Crippen molar-refractivity contribution in [2.24, 2.45) is 0 Å². The van der Waals surface area contributed by atoms with E-state index in [1.807, 2.05) is 25.1 Å². The van der Waals surface area contributed by atoms with Gasteiger partial charge in [0.25, 0.3) is 0 Å². The lowest BCUT2D eigenvalue weighted by molar-refractivity contribution is -0.131. The second-order valence-electron chi connectivity index (χ2n) is 3.74. The minimum Gasteiger partial charge on any atom is -0.497 e. The van der Waals surface area contributed by atoms with E-state index in [1.165, 1.54) is 6.92 Å². The summed E-state index contributed by atoms with van der Waals surface area (Å²) in [5, 5.41) is 0.798. The van der Waals surface area contributed by atoms with E-state index in [0.29, 0.717) is 5.75 Å². The van der Waals surface area contributed by atoms with Gasteiger partial charge in [0.05, 0.1) is 12.6 Å². The van der Waals surface area contributed by atoms with Crippen molar-refractivity contribution in [1.29, 1.82) is 0 Å². The molecule has 0 amide bonds. The van der Waals surface area contributed by atoms with Gasteiger partial charge in [0.2, 0.25) is 0 Å². The predicted octanol–water partition coefficient (Wildman–Crippen LogP) is 2.48. The van der Waals surface area contributed by atoms with Gasteiger partial charge in [-0.3, -0.25) is 9.78 Å².